The summed E-state index contributed by atoms with van der Waals surface area (Å²) in [6, 6.07) is 102. The average molecular weight is 1180 g/mol. The Labute approximate surface area is 535 Å². The lowest BCUT2D eigenvalue weighted by atomic mass is 9.75. The molecule has 0 unspecified atom stereocenters. The van der Waals surface area contributed by atoms with Crippen LogP contribution in [0.4, 0.5) is 0 Å². The number of fused-ring (bicyclic) bond motifs is 6. The maximum absolute atomic E-state index is 12.7. The zero-order chi connectivity index (χ0) is 62.0. The number of rotatable bonds is 11. The van der Waals surface area contributed by atoms with Gasteiger partial charge in [0.15, 0.2) is 0 Å². The molecule has 434 valence electrons. The van der Waals surface area contributed by atoms with Crippen molar-refractivity contribution in [2.24, 2.45) is 0 Å². The van der Waals surface area contributed by atoms with Crippen LogP contribution in [0, 0.1) is 39.0 Å². The van der Waals surface area contributed by atoms with E-state index in [2.05, 4.69) is 292 Å². The van der Waals surface area contributed by atoms with Crippen molar-refractivity contribution < 1.29 is 0 Å². The second-order valence-electron chi connectivity index (χ2n) is 24.2. The first-order chi connectivity index (χ1) is 45.2. The second kappa shape index (κ2) is 22.8. The SMILES string of the molecule is Cc1ccc2c(c1)c1cc(C)ccc1n2-c1ccc(-c2c(C#N)c(-c3cc(-c4ccccc4)nc(-c4ccccc4)c3)c(-c3ccc(-n4c5ccc(C)cc5c5cc(C)ccc54)cc3)c(-c3cc(-c4ccccc4)nc(-c4ccccc4)c3)c2-c2cccnc2)cc1. The molecule has 0 amide bonds. The third kappa shape index (κ3) is 9.72. The molecular weight excluding hydrogens is 1120 g/mol. The Morgan fingerprint density at radius 3 is 0.924 bits per heavy atom. The summed E-state index contributed by atoms with van der Waals surface area (Å²) >= 11 is 0. The molecule has 0 aliphatic heterocycles. The van der Waals surface area contributed by atoms with Crippen LogP contribution in [0.15, 0.2) is 291 Å². The lowest BCUT2D eigenvalue weighted by Crippen LogP contribution is -2.04. The first-order valence-corrected chi connectivity index (χ1v) is 31.3. The molecule has 6 heteroatoms. The number of aryl methyl sites for hydroxylation is 4. The maximum atomic E-state index is 12.7. The summed E-state index contributed by atoms with van der Waals surface area (Å²) in [6.45, 7) is 8.64. The van der Waals surface area contributed by atoms with Crippen molar-refractivity contribution in [3.05, 3.63) is 319 Å². The zero-order valence-corrected chi connectivity index (χ0v) is 51.4. The fourth-order valence-electron chi connectivity index (χ4n) is 13.8. The summed E-state index contributed by atoms with van der Waals surface area (Å²) in [5.41, 5.74) is 27.6. The van der Waals surface area contributed by atoms with Gasteiger partial charge in [-0.2, -0.15) is 5.26 Å². The molecule has 0 radical (unpaired) electrons. The smallest absolute Gasteiger partial charge is 0.100 e. The highest BCUT2D eigenvalue weighted by Crippen LogP contribution is 2.54. The molecule has 0 saturated heterocycles. The number of nitrogens with zero attached hydrogens (tertiary/aromatic N) is 6. The van der Waals surface area contributed by atoms with Crippen molar-refractivity contribution >= 4 is 43.6 Å². The van der Waals surface area contributed by atoms with Gasteiger partial charge in [0.1, 0.15) is 6.07 Å². The number of pyridine rings is 3. The van der Waals surface area contributed by atoms with Gasteiger partial charge in [0, 0.05) is 89.8 Å². The Hall–Kier alpha value is -12.0. The van der Waals surface area contributed by atoms with Gasteiger partial charge in [0.05, 0.1) is 50.4 Å². The number of hydrogen-bond donors (Lipinski definition) is 0. The third-order valence-electron chi connectivity index (χ3n) is 18.0. The summed E-state index contributed by atoms with van der Waals surface area (Å²) in [5, 5.41) is 17.5. The van der Waals surface area contributed by atoms with E-state index < -0.39 is 0 Å². The molecule has 0 saturated carbocycles. The van der Waals surface area contributed by atoms with Crippen molar-refractivity contribution in [3.8, 4) is 118 Å². The van der Waals surface area contributed by atoms with Gasteiger partial charge in [-0.3, -0.25) is 4.98 Å². The Morgan fingerprint density at radius 1 is 0.283 bits per heavy atom. The molecule has 0 bridgehead atoms. The highest BCUT2D eigenvalue weighted by atomic mass is 15.0. The minimum Gasteiger partial charge on any atom is -0.309 e. The minimum absolute atomic E-state index is 0.514. The average Bonchev–Trinajstić information content (AvgIpc) is 1.21. The maximum Gasteiger partial charge on any atom is 0.100 e. The molecule has 0 aliphatic carbocycles. The van der Waals surface area contributed by atoms with Crippen LogP contribution in [-0.4, -0.2) is 24.1 Å². The van der Waals surface area contributed by atoms with E-state index in [4.69, 9.17) is 15.0 Å². The summed E-state index contributed by atoms with van der Waals surface area (Å²) in [6.07, 6.45) is 3.77. The Kier molecular flexibility index (Phi) is 13.7. The van der Waals surface area contributed by atoms with E-state index in [0.29, 0.717) is 5.56 Å². The molecule has 6 nitrogen and oxygen atoms in total. The van der Waals surface area contributed by atoms with E-state index in [0.717, 1.165) is 134 Å². The van der Waals surface area contributed by atoms with E-state index in [1.807, 2.05) is 42.7 Å². The quantitative estimate of drug-likeness (QED) is 0.129. The summed E-state index contributed by atoms with van der Waals surface area (Å²) in [5.74, 6) is 0. The zero-order valence-electron chi connectivity index (χ0n) is 51.4. The van der Waals surface area contributed by atoms with E-state index in [9.17, 15) is 5.26 Å². The molecule has 0 fully saturated rings. The van der Waals surface area contributed by atoms with Crippen molar-refractivity contribution in [1.29, 1.82) is 5.26 Å². The van der Waals surface area contributed by atoms with Crippen LogP contribution in [0.1, 0.15) is 27.8 Å². The van der Waals surface area contributed by atoms with E-state index >= 15 is 0 Å². The van der Waals surface area contributed by atoms with Crippen molar-refractivity contribution in [2.45, 2.75) is 27.7 Å². The van der Waals surface area contributed by atoms with Crippen LogP contribution in [0.3, 0.4) is 0 Å². The predicted molar refractivity (Wildman–Crippen MR) is 381 cm³/mol. The topological polar surface area (TPSA) is 72.3 Å². The van der Waals surface area contributed by atoms with Crippen LogP contribution < -0.4 is 0 Å². The Morgan fingerprint density at radius 2 is 0.587 bits per heavy atom. The highest BCUT2D eigenvalue weighted by Gasteiger charge is 2.31. The van der Waals surface area contributed by atoms with Crippen molar-refractivity contribution in [2.75, 3.05) is 0 Å². The fourth-order valence-corrected chi connectivity index (χ4v) is 13.8. The van der Waals surface area contributed by atoms with Gasteiger partial charge < -0.3 is 9.13 Å². The van der Waals surface area contributed by atoms with Gasteiger partial charge in [-0.25, -0.2) is 9.97 Å². The standard InChI is InChI=1S/C86H60N6/c1-54-27-39-78-69(44-54)70-45-55(2)28-40-79(70)91(78)67-35-31-62(32-36-67)82-73(52-87)83(65-48-74(58-18-9-5-10-19-58)89-75(49-65)59-20-11-6-12-21-59)84(63-33-37-68(38-34-63)92-80-41-29-56(3)46-71(80)72-47-57(4)30-42-81(72)92)86(85(82)64-26-17-43-88-53-64)66-50-76(60-22-13-7-14-23-60)90-77(51-66)61-24-15-8-16-25-61/h5-51,53H,1-4H3. The number of hydrogen-bond acceptors (Lipinski definition) is 4. The summed E-state index contributed by atoms with van der Waals surface area (Å²) in [7, 11) is 0. The predicted octanol–water partition coefficient (Wildman–Crippen LogP) is 22.2. The van der Waals surface area contributed by atoms with E-state index in [1.54, 1.807) is 0 Å². The summed E-state index contributed by atoms with van der Waals surface area (Å²) in [4.78, 5) is 15.9. The van der Waals surface area contributed by atoms with Crippen LogP contribution in [-0.2, 0) is 0 Å². The first-order valence-electron chi connectivity index (χ1n) is 31.3. The molecule has 5 aromatic heterocycles. The second-order valence-corrected chi connectivity index (χ2v) is 24.2. The van der Waals surface area contributed by atoms with Gasteiger partial charge >= 0.3 is 0 Å². The molecule has 0 atom stereocenters. The fraction of sp³-hybridized carbons (Fsp3) is 0.0465. The molecule has 16 aromatic rings. The van der Waals surface area contributed by atoms with Crippen LogP contribution >= 0.6 is 0 Å². The molecule has 0 N–H and O–H groups in total. The van der Waals surface area contributed by atoms with E-state index in [1.165, 1.54) is 43.8 Å². The van der Waals surface area contributed by atoms with Crippen LogP contribution in [0.2, 0.25) is 0 Å². The monoisotopic (exact) mass is 1180 g/mol. The first kappa shape index (κ1) is 55.3. The minimum atomic E-state index is 0.514. The Balaban J connectivity index is 1.06. The Bertz CT molecular complexity index is 5340. The largest absolute Gasteiger partial charge is 0.309 e. The number of nitriles is 1. The summed E-state index contributed by atoms with van der Waals surface area (Å²) < 4.78 is 4.75. The third-order valence-corrected chi connectivity index (χ3v) is 18.0. The van der Waals surface area contributed by atoms with Crippen molar-refractivity contribution in [3.63, 3.8) is 0 Å². The molecule has 11 aromatic carbocycles. The highest BCUT2D eigenvalue weighted by molar-refractivity contribution is 6.13. The number of aromatic nitrogens is 5. The lowest BCUT2D eigenvalue weighted by molar-refractivity contribution is 1.18. The van der Waals surface area contributed by atoms with E-state index in [-0.39, 0.29) is 0 Å². The van der Waals surface area contributed by atoms with Crippen LogP contribution in [0.25, 0.3) is 156 Å². The van der Waals surface area contributed by atoms with Gasteiger partial charge in [-0.15, -0.1) is 0 Å². The van der Waals surface area contributed by atoms with Crippen LogP contribution in [0.5, 0.6) is 0 Å². The van der Waals surface area contributed by atoms with Crippen molar-refractivity contribution in [1.82, 2.24) is 24.1 Å². The van der Waals surface area contributed by atoms with Gasteiger partial charge in [-0.05, 0) is 164 Å². The molecular formula is C86H60N6. The molecule has 0 aliphatic rings. The number of benzene rings is 11. The van der Waals surface area contributed by atoms with Gasteiger partial charge in [0.25, 0.3) is 0 Å². The van der Waals surface area contributed by atoms with Gasteiger partial charge in [0.2, 0.25) is 0 Å². The normalized spacial score (nSPS) is 11.5. The molecule has 16 rings (SSSR count). The molecule has 92 heavy (non-hydrogen) atoms. The lowest BCUT2D eigenvalue weighted by Gasteiger charge is -2.27. The van der Waals surface area contributed by atoms with Gasteiger partial charge in [-0.1, -0.05) is 198 Å². The molecule has 5 heterocycles. The molecule has 0 spiro atoms.